The van der Waals surface area contributed by atoms with Crippen molar-refractivity contribution in [2.45, 2.75) is 32.4 Å². The number of aromatic nitrogens is 2. The van der Waals surface area contributed by atoms with E-state index in [1.165, 1.54) is 5.56 Å². The van der Waals surface area contributed by atoms with Gasteiger partial charge in [-0.15, -0.1) is 0 Å². The maximum atomic E-state index is 12.1. The summed E-state index contributed by atoms with van der Waals surface area (Å²) in [6.45, 7) is 5.04. The molecule has 2 aromatic heterocycles. The number of aryl methyl sites for hydroxylation is 1. The van der Waals surface area contributed by atoms with E-state index in [2.05, 4.69) is 27.4 Å². The van der Waals surface area contributed by atoms with E-state index in [1.807, 2.05) is 36.0 Å². The zero-order chi connectivity index (χ0) is 16.2. The number of likely N-dealkylation sites (N-methyl/N-ethyl adjacent to an activating group) is 1. The molecule has 0 spiro atoms. The van der Waals surface area contributed by atoms with E-state index in [0.29, 0.717) is 19.1 Å². The van der Waals surface area contributed by atoms with Crippen LogP contribution in [0.25, 0.3) is 5.65 Å². The smallest absolute Gasteiger partial charge is 0.234 e. The number of nitrogens with zero attached hydrogens (tertiary/aromatic N) is 3. The van der Waals surface area contributed by atoms with Crippen LogP contribution < -0.4 is 10.6 Å². The second kappa shape index (κ2) is 7.10. The number of hydrogen-bond acceptors (Lipinski definition) is 4. The molecule has 3 rings (SSSR count). The maximum absolute atomic E-state index is 12.1. The summed E-state index contributed by atoms with van der Waals surface area (Å²) in [5.74, 6) is 0.0549. The second-order valence-corrected chi connectivity index (χ2v) is 6.38. The maximum Gasteiger partial charge on any atom is 0.234 e. The summed E-state index contributed by atoms with van der Waals surface area (Å²) >= 11 is 0. The molecule has 0 saturated carbocycles. The molecule has 0 atom stereocenters. The molecule has 2 aromatic rings. The minimum absolute atomic E-state index is 0.0549. The lowest BCUT2D eigenvalue weighted by Gasteiger charge is -2.31. The first-order valence-corrected chi connectivity index (χ1v) is 8.24. The quantitative estimate of drug-likeness (QED) is 0.862. The Labute approximate surface area is 136 Å². The lowest BCUT2D eigenvalue weighted by Crippen LogP contribution is -2.45. The van der Waals surface area contributed by atoms with Gasteiger partial charge in [0.05, 0.1) is 18.8 Å². The molecule has 0 bridgehead atoms. The van der Waals surface area contributed by atoms with Crippen molar-refractivity contribution in [2.24, 2.45) is 0 Å². The zero-order valence-electron chi connectivity index (χ0n) is 13.9. The predicted octanol–water partition coefficient (Wildman–Crippen LogP) is 0.943. The monoisotopic (exact) mass is 315 g/mol. The molecule has 3 heterocycles. The van der Waals surface area contributed by atoms with Crippen molar-refractivity contribution in [1.29, 1.82) is 0 Å². The van der Waals surface area contributed by atoms with Crippen molar-refractivity contribution in [1.82, 2.24) is 24.9 Å². The SMILES string of the molecule is Cc1ccc2nc(CNC(=O)CN(C)C3CCNCC3)cn2c1. The number of piperidine rings is 1. The lowest BCUT2D eigenvalue weighted by molar-refractivity contribution is -0.122. The van der Waals surface area contributed by atoms with Gasteiger partial charge in [-0.2, -0.15) is 0 Å². The number of pyridine rings is 1. The van der Waals surface area contributed by atoms with E-state index in [9.17, 15) is 4.79 Å². The fraction of sp³-hybridized carbons (Fsp3) is 0.529. The summed E-state index contributed by atoms with van der Waals surface area (Å²) in [6.07, 6.45) is 6.23. The van der Waals surface area contributed by atoms with Gasteiger partial charge in [-0.1, -0.05) is 6.07 Å². The van der Waals surface area contributed by atoms with Crippen molar-refractivity contribution >= 4 is 11.6 Å². The third-order valence-corrected chi connectivity index (χ3v) is 4.44. The standard InChI is InChI=1S/C17H25N5O/c1-13-3-4-16-20-14(11-22(16)10-13)9-19-17(23)12-21(2)15-5-7-18-8-6-15/h3-4,10-11,15,18H,5-9,12H2,1-2H3,(H,19,23). The highest BCUT2D eigenvalue weighted by atomic mass is 16.2. The number of carbonyl (C=O) groups is 1. The van der Waals surface area contributed by atoms with Gasteiger partial charge in [0.15, 0.2) is 0 Å². The Morgan fingerprint density at radius 1 is 1.39 bits per heavy atom. The number of amides is 1. The largest absolute Gasteiger partial charge is 0.349 e. The number of nitrogens with one attached hydrogen (secondary N) is 2. The van der Waals surface area contributed by atoms with Crippen molar-refractivity contribution in [3.63, 3.8) is 0 Å². The summed E-state index contributed by atoms with van der Waals surface area (Å²) in [5, 5.41) is 6.32. The van der Waals surface area contributed by atoms with E-state index in [4.69, 9.17) is 0 Å². The Kier molecular flexibility index (Phi) is 4.93. The molecule has 1 saturated heterocycles. The van der Waals surface area contributed by atoms with E-state index >= 15 is 0 Å². The average molecular weight is 315 g/mol. The number of carbonyl (C=O) groups excluding carboxylic acids is 1. The van der Waals surface area contributed by atoms with Gasteiger partial charge in [0.2, 0.25) is 5.91 Å². The second-order valence-electron chi connectivity index (χ2n) is 6.38. The van der Waals surface area contributed by atoms with E-state index in [-0.39, 0.29) is 5.91 Å². The molecule has 6 heteroatoms. The summed E-state index contributed by atoms with van der Waals surface area (Å²) in [7, 11) is 2.03. The van der Waals surface area contributed by atoms with Gasteiger partial charge in [-0.3, -0.25) is 9.69 Å². The van der Waals surface area contributed by atoms with Crippen LogP contribution in [0.4, 0.5) is 0 Å². The first kappa shape index (κ1) is 16.0. The van der Waals surface area contributed by atoms with Gasteiger partial charge in [-0.25, -0.2) is 4.98 Å². The molecular formula is C17H25N5O. The molecule has 0 aromatic carbocycles. The van der Waals surface area contributed by atoms with Gasteiger partial charge >= 0.3 is 0 Å². The van der Waals surface area contributed by atoms with E-state index in [0.717, 1.165) is 37.3 Å². The van der Waals surface area contributed by atoms with Crippen LogP contribution in [0.2, 0.25) is 0 Å². The molecule has 1 aliphatic rings. The Balaban J connectivity index is 1.51. The first-order valence-electron chi connectivity index (χ1n) is 8.24. The van der Waals surface area contributed by atoms with Crippen LogP contribution in [0.1, 0.15) is 24.1 Å². The summed E-state index contributed by atoms with van der Waals surface area (Å²) < 4.78 is 2.00. The van der Waals surface area contributed by atoms with Gasteiger partial charge in [0.25, 0.3) is 0 Å². The molecule has 0 unspecified atom stereocenters. The number of hydrogen-bond donors (Lipinski definition) is 2. The van der Waals surface area contributed by atoms with E-state index in [1.54, 1.807) is 0 Å². The first-order chi connectivity index (χ1) is 11.1. The molecule has 23 heavy (non-hydrogen) atoms. The van der Waals surface area contributed by atoms with Crippen molar-refractivity contribution < 1.29 is 4.79 Å². The predicted molar refractivity (Wildman–Crippen MR) is 90.3 cm³/mol. The molecule has 6 nitrogen and oxygen atoms in total. The minimum Gasteiger partial charge on any atom is -0.349 e. The lowest BCUT2D eigenvalue weighted by atomic mass is 10.1. The zero-order valence-corrected chi connectivity index (χ0v) is 13.9. The van der Waals surface area contributed by atoms with Crippen molar-refractivity contribution in [3.05, 3.63) is 35.8 Å². The highest BCUT2D eigenvalue weighted by Gasteiger charge is 2.19. The average Bonchev–Trinajstić information content (AvgIpc) is 2.95. The molecular weight excluding hydrogens is 290 g/mol. The molecule has 0 radical (unpaired) electrons. The fourth-order valence-corrected chi connectivity index (χ4v) is 3.09. The van der Waals surface area contributed by atoms with Crippen molar-refractivity contribution in [3.8, 4) is 0 Å². The van der Waals surface area contributed by atoms with Crippen LogP contribution in [-0.4, -0.2) is 52.9 Å². The van der Waals surface area contributed by atoms with Crippen LogP contribution in [0.3, 0.4) is 0 Å². The fourth-order valence-electron chi connectivity index (χ4n) is 3.09. The van der Waals surface area contributed by atoms with E-state index < -0.39 is 0 Å². The van der Waals surface area contributed by atoms with Crippen LogP contribution >= 0.6 is 0 Å². The summed E-state index contributed by atoms with van der Waals surface area (Å²) in [4.78, 5) is 18.8. The number of imidazole rings is 1. The van der Waals surface area contributed by atoms with Gasteiger partial charge in [0.1, 0.15) is 5.65 Å². The van der Waals surface area contributed by atoms with Crippen molar-refractivity contribution in [2.75, 3.05) is 26.7 Å². The Morgan fingerprint density at radius 3 is 2.96 bits per heavy atom. The molecule has 124 valence electrons. The van der Waals surface area contributed by atoms with Crippen LogP contribution in [0.5, 0.6) is 0 Å². The minimum atomic E-state index is 0.0549. The number of rotatable bonds is 5. The Morgan fingerprint density at radius 2 is 2.17 bits per heavy atom. The number of fused-ring (bicyclic) bond motifs is 1. The van der Waals surface area contributed by atoms with Crippen LogP contribution in [0.15, 0.2) is 24.5 Å². The van der Waals surface area contributed by atoms with Gasteiger partial charge < -0.3 is 15.0 Å². The third-order valence-electron chi connectivity index (χ3n) is 4.44. The highest BCUT2D eigenvalue weighted by molar-refractivity contribution is 5.78. The molecule has 2 N–H and O–H groups in total. The summed E-state index contributed by atoms with van der Waals surface area (Å²) in [5.41, 5.74) is 2.98. The topological polar surface area (TPSA) is 61.7 Å². The molecule has 1 fully saturated rings. The van der Waals surface area contributed by atoms with Gasteiger partial charge in [0, 0.05) is 18.4 Å². The normalized spacial score (nSPS) is 16.1. The Bertz CT molecular complexity index is 675. The van der Waals surface area contributed by atoms with Crippen LogP contribution in [-0.2, 0) is 11.3 Å². The summed E-state index contributed by atoms with van der Waals surface area (Å²) in [6, 6.07) is 4.53. The molecule has 0 aliphatic carbocycles. The van der Waals surface area contributed by atoms with Gasteiger partial charge in [-0.05, 0) is 51.5 Å². The highest BCUT2D eigenvalue weighted by Crippen LogP contribution is 2.09. The third kappa shape index (κ3) is 4.09. The molecule has 1 aliphatic heterocycles. The molecule has 1 amide bonds. The Hall–Kier alpha value is -1.92. The van der Waals surface area contributed by atoms with Crippen LogP contribution in [0, 0.1) is 6.92 Å².